The van der Waals surface area contributed by atoms with Crippen LogP contribution >= 0.6 is 0 Å². The van der Waals surface area contributed by atoms with Gasteiger partial charge in [0, 0.05) is 39.9 Å². The SMILES string of the molecule is C1=CC2C(c3ccc(-c4ccc5c(c4)c4c6ncccc6ccc4n5-c4ccccc4)cc3)=CC=C3c4ccccc4C(=C1)C32. The van der Waals surface area contributed by atoms with E-state index in [9.17, 15) is 0 Å². The van der Waals surface area contributed by atoms with Crippen molar-refractivity contribution in [3.63, 3.8) is 0 Å². The van der Waals surface area contributed by atoms with E-state index in [2.05, 4.69) is 150 Å². The lowest BCUT2D eigenvalue weighted by molar-refractivity contribution is 0.725. The van der Waals surface area contributed by atoms with Crippen LogP contribution in [0.2, 0.25) is 0 Å². The van der Waals surface area contributed by atoms with Crippen LogP contribution in [0.25, 0.3) is 66.2 Å². The summed E-state index contributed by atoms with van der Waals surface area (Å²) >= 11 is 0. The molecule has 0 spiro atoms. The number of pyridine rings is 1. The summed E-state index contributed by atoms with van der Waals surface area (Å²) in [7, 11) is 0. The summed E-state index contributed by atoms with van der Waals surface area (Å²) < 4.78 is 2.37. The molecule has 2 heteroatoms. The first kappa shape index (κ1) is 24.7. The maximum absolute atomic E-state index is 4.86. The highest BCUT2D eigenvalue weighted by molar-refractivity contribution is 6.20. The molecule has 5 aromatic carbocycles. The Balaban J connectivity index is 1.09. The summed E-state index contributed by atoms with van der Waals surface area (Å²) in [6.45, 7) is 0. The lowest BCUT2D eigenvalue weighted by atomic mass is 9.72. The van der Waals surface area contributed by atoms with Gasteiger partial charge in [-0.05, 0) is 80.9 Å². The number of hydrogen-bond donors (Lipinski definition) is 0. The van der Waals surface area contributed by atoms with Crippen LogP contribution in [0.3, 0.4) is 0 Å². The molecule has 0 aliphatic heterocycles. The third-order valence-electron chi connectivity index (χ3n) is 10.0. The molecule has 45 heavy (non-hydrogen) atoms. The standard InChI is InChI=1S/C43H28N2/c1-2-9-31(10-3-1)45-39-23-20-30(26-38(39)42-40(45)24-19-29-8-7-25-44-43(29)42)27-15-17-28(18-16-27)32-21-22-37-34-12-5-4-11-33(34)36-14-6-13-35(32)41(36)37/h1-26,35,41H. The van der Waals surface area contributed by atoms with E-state index in [-0.39, 0.29) is 0 Å². The normalized spacial score (nSPS) is 18.1. The van der Waals surface area contributed by atoms with E-state index in [1.807, 2.05) is 12.3 Å². The lowest BCUT2D eigenvalue weighted by Gasteiger charge is -2.31. The van der Waals surface area contributed by atoms with Gasteiger partial charge in [-0.3, -0.25) is 4.98 Å². The van der Waals surface area contributed by atoms with E-state index in [0.717, 1.165) is 16.6 Å². The molecule has 2 aromatic heterocycles. The summed E-state index contributed by atoms with van der Waals surface area (Å²) in [5.74, 6) is 0.754. The molecule has 210 valence electrons. The maximum atomic E-state index is 4.86. The molecule has 0 amide bonds. The highest BCUT2D eigenvalue weighted by Crippen LogP contribution is 2.55. The van der Waals surface area contributed by atoms with Gasteiger partial charge in [-0.1, -0.05) is 115 Å². The molecular formula is C43H28N2. The number of hydrogen-bond acceptors (Lipinski definition) is 1. The van der Waals surface area contributed by atoms with Gasteiger partial charge in [-0.25, -0.2) is 0 Å². The van der Waals surface area contributed by atoms with Crippen molar-refractivity contribution in [2.45, 2.75) is 0 Å². The Morgan fingerprint density at radius 1 is 0.556 bits per heavy atom. The molecule has 0 saturated carbocycles. The zero-order valence-electron chi connectivity index (χ0n) is 24.6. The molecule has 2 nitrogen and oxygen atoms in total. The molecule has 0 saturated heterocycles. The van der Waals surface area contributed by atoms with Crippen molar-refractivity contribution in [3.8, 4) is 16.8 Å². The zero-order valence-corrected chi connectivity index (χ0v) is 24.6. The van der Waals surface area contributed by atoms with E-state index < -0.39 is 0 Å². The van der Waals surface area contributed by atoms with Crippen LogP contribution in [0, 0.1) is 11.8 Å². The van der Waals surface area contributed by atoms with E-state index >= 15 is 0 Å². The molecular weight excluding hydrogens is 544 g/mol. The number of benzene rings is 5. The van der Waals surface area contributed by atoms with Crippen molar-refractivity contribution in [2.24, 2.45) is 11.8 Å². The molecule has 2 atom stereocenters. The summed E-state index contributed by atoms with van der Waals surface area (Å²) in [5.41, 5.74) is 15.4. The second-order valence-corrected chi connectivity index (χ2v) is 12.3. The third-order valence-corrected chi connectivity index (χ3v) is 10.0. The van der Waals surface area contributed by atoms with Crippen molar-refractivity contribution in [1.82, 2.24) is 9.55 Å². The van der Waals surface area contributed by atoms with Gasteiger partial charge >= 0.3 is 0 Å². The number of allylic oxidation sites excluding steroid dienone is 8. The van der Waals surface area contributed by atoms with Crippen molar-refractivity contribution < 1.29 is 0 Å². The Morgan fingerprint density at radius 3 is 2.11 bits per heavy atom. The van der Waals surface area contributed by atoms with Crippen molar-refractivity contribution in [3.05, 3.63) is 175 Å². The third kappa shape index (κ3) is 3.54. The van der Waals surface area contributed by atoms with Crippen LogP contribution in [0.15, 0.2) is 158 Å². The Kier molecular flexibility index (Phi) is 5.15. The van der Waals surface area contributed by atoms with Crippen molar-refractivity contribution in [2.75, 3.05) is 0 Å². The van der Waals surface area contributed by atoms with Gasteiger partial charge in [-0.2, -0.15) is 0 Å². The van der Waals surface area contributed by atoms with Crippen molar-refractivity contribution in [1.29, 1.82) is 0 Å². The van der Waals surface area contributed by atoms with Crippen LogP contribution in [-0.2, 0) is 0 Å². The Hall–Kier alpha value is -5.73. The fourth-order valence-electron chi connectivity index (χ4n) is 8.05. The van der Waals surface area contributed by atoms with Crippen LogP contribution in [0.1, 0.15) is 16.7 Å². The van der Waals surface area contributed by atoms with Crippen LogP contribution in [0.4, 0.5) is 0 Å². The Morgan fingerprint density at radius 2 is 1.27 bits per heavy atom. The van der Waals surface area contributed by atoms with E-state index in [0.29, 0.717) is 11.8 Å². The van der Waals surface area contributed by atoms with Gasteiger partial charge in [0.15, 0.2) is 0 Å². The van der Waals surface area contributed by atoms with Crippen LogP contribution in [-0.4, -0.2) is 9.55 Å². The molecule has 0 N–H and O–H groups in total. The molecule has 0 bridgehead atoms. The smallest absolute Gasteiger partial charge is 0.0802 e. The zero-order chi connectivity index (χ0) is 29.5. The van der Waals surface area contributed by atoms with Gasteiger partial charge < -0.3 is 4.57 Å². The van der Waals surface area contributed by atoms with E-state index in [1.54, 1.807) is 0 Å². The number of aromatic nitrogens is 2. The van der Waals surface area contributed by atoms with Crippen LogP contribution in [0.5, 0.6) is 0 Å². The Labute approximate surface area is 261 Å². The number of fused-ring (bicyclic) bond motifs is 8. The predicted octanol–water partition coefficient (Wildman–Crippen LogP) is 10.7. The van der Waals surface area contributed by atoms with Gasteiger partial charge in [0.1, 0.15) is 0 Å². The van der Waals surface area contributed by atoms with Gasteiger partial charge in [0.25, 0.3) is 0 Å². The highest BCUT2D eigenvalue weighted by atomic mass is 15.0. The van der Waals surface area contributed by atoms with Crippen molar-refractivity contribution >= 4 is 49.4 Å². The lowest BCUT2D eigenvalue weighted by Crippen LogP contribution is -2.18. The fourth-order valence-corrected chi connectivity index (χ4v) is 8.05. The highest BCUT2D eigenvalue weighted by Gasteiger charge is 2.40. The van der Waals surface area contributed by atoms with Crippen LogP contribution < -0.4 is 0 Å². The summed E-state index contributed by atoms with van der Waals surface area (Å²) in [6, 6.07) is 44.2. The molecule has 10 rings (SSSR count). The minimum atomic E-state index is 0.351. The molecule has 3 aliphatic rings. The summed E-state index contributed by atoms with van der Waals surface area (Å²) in [5, 5.41) is 3.58. The van der Waals surface area contributed by atoms with E-state index in [1.165, 1.54) is 66.3 Å². The molecule has 2 unspecified atom stereocenters. The predicted molar refractivity (Wildman–Crippen MR) is 188 cm³/mol. The number of para-hydroxylation sites is 1. The summed E-state index contributed by atoms with van der Waals surface area (Å²) in [4.78, 5) is 4.86. The molecule has 0 radical (unpaired) electrons. The second kappa shape index (κ2) is 9.38. The average Bonchev–Trinajstić information content (AvgIpc) is 3.63. The summed E-state index contributed by atoms with van der Waals surface area (Å²) in [6.07, 6.45) is 13.6. The average molecular weight is 573 g/mol. The van der Waals surface area contributed by atoms with Gasteiger partial charge in [-0.15, -0.1) is 0 Å². The first-order valence-electron chi connectivity index (χ1n) is 15.7. The topological polar surface area (TPSA) is 17.8 Å². The Bertz CT molecular complexity index is 2470. The largest absolute Gasteiger partial charge is 0.309 e. The number of rotatable bonds is 3. The minimum absolute atomic E-state index is 0.351. The second-order valence-electron chi connectivity index (χ2n) is 12.3. The first-order valence-corrected chi connectivity index (χ1v) is 15.7. The molecule has 7 aromatic rings. The molecule has 3 aliphatic carbocycles. The van der Waals surface area contributed by atoms with Gasteiger partial charge in [0.05, 0.1) is 16.6 Å². The van der Waals surface area contributed by atoms with E-state index in [4.69, 9.17) is 4.98 Å². The monoisotopic (exact) mass is 572 g/mol. The molecule has 0 fully saturated rings. The molecule has 2 heterocycles. The minimum Gasteiger partial charge on any atom is -0.309 e. The fraction of sp³-hybridized carbons (Fsp3) is 0.0465. The first-order chi connectivity index (χ1) is 22.3. The quantitative estimate of drug-likeness (QED) is 0.206. The number of nitrogens with zero attached hydrogens (tertiary/aromatic N) is 2. The maximum Gasteiger partial charge on any atom is 0.0802 e. The van der Waals surface area contributed by atoms with Gasteiger partial charge in [0.2, 0.25) is 0 Å².